The highest BCUT2D eigenvalue weighted by atomic mass is 32.2. The van der Waals surface area contributed by atoms with Gasteiger partial charge in [-0.3, -0.25) is 9.78 Å². The van der Waals surface area contributed by atoms with Crippen LogP contribution in [0.1, 0.15) is 11.7 Å². The lowest BCUT2D eigenvalue weighted by atomic mass is 10.1. The fourth-order valence-electron chi connectivity index (χ4n) is 4.62. The topological polar surface area (TPSA) is 113 Å². The van der Waals surface area contributed by atoms with Gasteiger partial charge >= 0.3 is 0 Å². The number of hydrogen-bond donors (Lipinski definition) is 3. The second-order valence-electron chi connectivity index (χ2n) is 9.08. The second-order valence-corrected chi connectivity index (χ2v) is 11.2. The molecule has 0 amide bonds. The number of pyridine rings is 1. The zero-order valence-corrected chi connectivity index (χ0v) is 22.8. The standard InChI is InChI=1S/C28H27N5O4S2/c1-36-27-15-29-14-21(32-27)22(16-34)30-17-5-6-23-25(11-17)38-24-4-2-3-19(28(24)39-23)20-12-18(13-26(35)31-20)33-7-9-37-10-8-33/h2-6,11-15,22,30,34H,7-10,16H2,1H3,(H,31,35). The van der Waals surface area contributed by atoms with E-state index in [9.17, 15) is 9.90 Å². The van der Waals surface area contributed by atoms with Crippen LogP contribution in [-0.2, 0) is 4.74 Å². The molecule has 0 radical (unpaired) electrons. The minimum Gasteiger partial charge on any atom is -0.480 e. The van der Waals surface area contributed by atoms with Crippen LogP contribution in [0.15, 0.2) is 85.3 Å². The molecule has 2 aliphatic rings. The molecule has 39 heavy (non-hydrogen) atoms. The number of aliphatic hydroxyl groups excluding tert-OH is 1. The van der Waals surface area contributed by atoms with Crippen molar-refractivity contribution in [2.75, 3.05) is 50.2 Å². The molecule has 0 bridgehead atoms. The summed E-state index contributed by atoms with van der Waals surface area (Å²) >= 11 is 3.38. The number of methoxy groups -OCH3 is 1. The predicted molar refractivity (Wildman–Crippen MR) is 152 cm³/mol. The highest BCUT2D eigenvalue weighted by Crippen LogP contribution is 2.52. The lowest BCUT2D eigenvalue weighted by molar-refractivity contribution is 0.122. The Labute approximate surface area is 234 Å². The number of aliphatic hydroxyl groups is 1. The summed E-state index contributed by atoms with van der Waals surface area (Å²) in [7, 11) is 1.54. The molecule has 0 spiro atoms. The number of ether oxygens (including phenoxy) is 2. The van der Waals surface area contributed by atoms with Gasteiger partial charge in [0, 0.05) is 55.7 Å². The van der Waals surface area contributed by atoms with Gasteiger partial charge in [-0.2, -0.15) is 0 Å². The first-order chi connectivity index (χ1) is 19.1. The lowest BCUT2D eigenvalue weighted by Crippen LogP contribution is -2.36. The summed E-state index contributed by atoms with van der Waals surface area (Å²) in [6, 6.07) is 15.6. The van der Waals surface area contributed by atoms with E-state index in [1.807, 2.05) is 12.1 Å². The largest absolute Gasteiger partial charge is 0.480 e. The average Bonchev–Trinajstić information content (AvgIpc) is 2.98. The highest BCUT2D eigenvalue weighted by molar-refractivity contribution is 8.05. The van der Waals surface area contributed by atoms with Crippen LogP contribution in [0, 0.1) is 0 Å². The number of fused-ring (bicyclic) bond motifs is 2. The van der Waals surface area contributed by atoms with E-state index in [0.717, 1.165) is 55.3 Å². The van der Waals surface area contributed by atoms with E-state index in [0.29, 0.717) is 24.8 Å². The van der Waals surface area contributed by atoms with Gasteiger partial charge in [-0.15, -0.1) is 0 Å². The molecule has 0 aliphatic carbocycles. The van der Waals surface area contributed by atoms with E-state index in [-0.39, 0.29) is 12.2 Å². The summed E-state index contributed by atoms with van der Waals surface area (Å²) in [5.74, 6) is 0.398. The first-order valence-corrected chi connectivity index (χ1v) is 14.2. The smallest absolute Gasteiger partial charge is 0.250 e. The van der Waals surface area contributed by atoms with Gasteiger partial charge < -0.3 is 29.8 Å². The van der Waals surface area contributed by atoms with Gasteiger partial charge in [0.25, 0.3) is 0 Å². The Morgan fingerprint density at radius 1 is 1.10 bits per heavy atom. The summed E-state index contributed by atoms with van der Waals surface area (Å²) in [5, 5.41) is 13.4. The van der Waals surface area contributed by atoms with Crippen LogP contribution in [0.4, 0.5) is 11.4 Å². The number of rotatable bonds is 7. The molecule has 9 nitrogen and oxygen atoms in total. The Morgan fingerprint density at radius 3 is 2.79 bits per heavy atom. The molecule has 2 aliphatic heterocycles. The minimum absolute atomic E-state index is 0.115. The van der Waals surface area contributed by atoms with E-state index in [1.54, 1.807) is 35.8 Å². The maximum atomic E-state index is 12.6. The summed E-state index contributed by atoms with van der Waals surface area (Å²) in [6.45, 7) is 2.72. The second kappa shape index (κ2) is 11.3. The molecule has 1 saturated heterocycles. The third kappa shape index (κ3) is 5.48. The van der Waals surface area contributed by atoms with Crippen molar-refractivity contribution in [3.05, 3.63) is 77.0 Å². The molecule has 2 aromatic carbocycles. The van der Waals surface area contributed by atoms with Crippen molar-refractivity contribution in [1.82, 2.24) is 15.0 Å². The molecule has 6 rings (SSSR count). The third-order valence-electron chi connectivity index (χ3n) is 6.57. The van der Waals surface area contributed by atoms with Gasteiger partial charge in [-0.05, 0) is 30.3 Å². The van der Waals surface area contributed by atoms with Crippen LogP contribution in [0.3, 0.4) is 0 Å². The van der Waals surface area contributed by atoms with Crippen molar-refractivity contribution in [1.29, 1.82) is 0 Å². The van der Waals surface area contributed by atoms with Gasteiger partial charge in [0.2, 0.25) is 11.4 Å². The fraction of sp³-hybridized carbons (Fsp3) is 0.250. The maximum absolute atomic E-state index is 12.6. The van der Waals surface area contributed by atoms with Gasteiger partial charge in [-0.25, -0.2) is 4.98 Å². The summed E-state index contributed by atoms with van der Waals surface area (Å²) in [4.78, 5) is 30.9. The Balaban J connectivity index is 1.27. The van der Waals surface area contributed by atoms with E-state index < -0.39 is 6.04 Å². The van der Waals surface area contributed by atoms with Gasteiger partial charge in [0.15, 0.2) is 0 Å². The van der Waals surface area contributed by atoms with Gasteiger partial charge in [0.05, 0.1) is 56.8 Å². The minimum atomic E-state index is -0.429. The van der Waals surface area contributed by atoms with Crippen molar-refractivity contribution in [2.45, 2.75) is 25.6 Å². The molecule has 200 valence electrons. The Bertz CT molecular complexity index is 1560. The van der Waals surface area contributed by atoms with Gasteiger partial charge in [-0.1, -0.05) is 35.7 Å². The highest BCUT2D eigenvalue weighted by Gasteiger charge is 2.23. The van der Waals surface area contributed by atoms with E-state index >= 15 is 0 Å². The monoisotopic (exact) mass is 561 g/mol. The molecule has 1 unspecified atom stereocenters. The van der Waals surface area contributed by atoms with Crippen LogP contribution in [-0.4, -0.2) is 60.1 Å². The SMILES string of the molecule is COc1cncc(C(CO)Nc2ccc3c(c2)Sc2cccc(-c4cc(N5CCOCC5)cc(=O)[nH]4)c2S3)n1. The molecule has 11 heteroatoms. The van der Waals surface area contributed by atoms with E-state index in [4.69, 9.17) is 9.47 Å². The molecule has 3 N–H and O–H groups in total. The first-order valence-electron chi connectivity index (χ1n) is 12.5. The van der Waals surface area contributed by atoms with Crippen molar-refractivity contribution in [3.8, 4) is 17.1 Å². The Hall–Kier alpha value is -3.51. The zero-order valence-electron chi connectivity index (χ0n) is 21.2. The number of anilines is 2. The molecule has 1 atom stereocenters. The number of H-pyrrole nitrogens is 1. The normalized spacial score (nSPS) is 15.3. The fourth-order valence-corrected chi connectivity index (χ4v) is 7.04. The Kier molecular flexibility index (Phi) is 7.47. The predicted octanol–water partition coefficient (Wildman–Crippen LogP) is 4.44. The molecular formula is C28H27N5O4S2. The summed E-state index contributed by atoms with van der Waals surface area (Å²) in [5.41, 5.74) is 4.07. The number of aromatic nitrogens is 3. The van der Waals surface area contributed by atoms with Gasteiger partial charge in [0.1, 0.15) is 0 Å². The van der Waals surface area contributed by atoms with Crippen LogP contribution in [0.25, 0.3) is 11.3 Å². The lowest BCUT2D eigenvalue weighted by Gasteiger charge is -2.29. The van der Waals surface area contributed by atoms with Crippen LogP contribution in [0.2, 0.25) is 0 Å². The number of benzene rings is 2. The van der Waals surface area contributed by atoms with Crippen molar-refractivity contribution in [3.63, 3.8) is 0 Å². The summed E-state index contributed by atoms with van der Waals surface area (Å²) < 4.78 is 10.7. The summed E-state index contributed by atoms with van der Waals surface area (Å²) in [6.07, 6.45) is 3.15. The number of morpholine rings is 1. The molecule has 0 saturated carbocycles. The van der Waals surface area contributed by atoms with Crippen LogP contribution in [0.5, 0.6) is 5.88 Å². The van der Waals surface area contributed by atoms with E-state index in [2.05, 4.69) is 55.5 Å². The number of hydrogen-bond acceptors (Lipinski definition) is 10. The van der Waals surface area contributed by atoms with Crippen molar-refractivity contribution >= 4 is 34.9 Å². The van der Waals surface area contributed by atoms with Crippen molar-refractivity contribution in [2.24, 2.45) is 0 Å². The van der Waals surface area contributed by atoms with E-state index in [1.165, 1.54) is 13.3 Å². The zero-order chi connectivity index (χ0) is 26.8. The molecule has 4 aromatic rings. The maximum Gasteiger partial charge on any atom is 0.250 e. The third-order valence-corrected chi connectivity index (χ3v) is 9.17. The molecule has 1 fully saturated rings. The molecule has 2 aromatic heterocycles. The van der Waals surface area contributed by atoms with Crippen LogP contribution >= 0.6 is 23.5 Å². The number of nitrogens with zero attached hydrogens (tertiary/aromatic N) is 3. The average molecular weight is 562 g/mol. The molecular weight excluding hydrogens is 534 g/mol. The van der Waals surface area contributed by atoms with Crippen LogP contribution < -0.4 is 20.5 Å². The van der Waals surface area contributed by atoms with Crippen molar-refractivity contribution < 1.29 is 14.6 Å². The number of nitrogens with one attached hydrogen (secondary N) is 2. The quantitative estimate of drug-likeness (QED) is 0.264. The Morgan fingerprint density at radius 2 is 1.97 bits per heavy atom. The molecule has 4 heterocycles. The number of aromatic amines is 1. The first kappa shape index (κ1) is 25.8.